The van der Waals surface area contributed by atoms with Gasteiger partial charge in [-0.2, -0.15) is 0 Å². The van der Waals surface area contributed by atoms with E-state index in [1.807, 2.05) is 42.5 Å². The number of nitrogens with one attached hydrogen (secondary N) is 2. The molecule has 0 radical (unpaired) electrons. The van der Waals surface area contributed by atoms with Crippen molar-refractivity contribution in [2.75, 3.05) is 6.61 Å². The average molecular weight is 369 g/mol. The minimum atomic E-state index is -0.715. The first-order chi connectivity index (χ1) is 12.6. The van der Waals surface area contributed by atoms with Crippen molar-refractivity contribution in [3.63, 3.8) is 0 Å². The van der Waals surface area contributed by atoms with E-state index >= 15 is 0 Å². The molecule has 6 heteroatoms. The second-order valence-electron chi connectivity index (χ2n) is 5.62. The lowest BCUT2D eigenvalue weighted by Gasteiger charge is -2.10. The first-order valence-corrected chi connectivity index (χ1v) is 8.46. The summed E-state index contributed by atoms with van der Waals surface area (Å²) < 4.78 is 5.05. The van der Waals surface area contributed by atoms with Crippen molar-refractivity contribution in [3.05, 3.63) is 82.9 Å². The fourth-order valence-corrected chi connectivity index (χ4v) is 2.67. The molecule has 132 valence electrons. The third-order valence-electron chi connectivity index (χ3n) is 3.85. The number of hydrazine groups is 1. The van der Waals surface area contributed by atoms with Gasteiger partial charge in [0, 0.05) is 17.0 Å². The van der Waals surface area contributed by atoms with Crippen molar-refractivity contribution in [3.8, 4) is 0 Å². The second-order valence-corrected chi connectivity index (χ2v) is 6.05. The van der Waals surface area contributed by atoms with Crippen LogP contribution >= 0.6 is 11.6 Å². The SMILES string of the molecule is O=C(NNC(=O)c1cccc2ccccc12)OCCc1ccc(Cl)cc1. The number of ether oxygens (including phenoxy) is 1. The molecule has 3 aromatic carbocycles. The largest absolute Gasteiger partial charge is 0.448 e. The molecular formula is C20H17ClN2O3. The molecular weight excluding hydrogens is 352 g/mol. The Morgan fingerprint density at radius 3 is 2.42 bits per heavy atom. The third kappa shape index (κ3) is 4.52. The Hall–Kier alpha value is -3.05. The second kappa shape index (κ2) is 8.36. The van der Waals surface area contributed by atoms with Crippen molar-refractivity contribution in [1.82, 2.24) is 10.9 Å². The molecule has 3 aromatic rings. The highest BCUT2D eigenvalue weighted by atomic mass is 35.5. The van der Waals surface area contributed by atoms with Gasteiger partial charge in [-0.05, 0) is 34.5 Å². The van der Waals surface area contributed by atoms with Gasteiger partial charge in [0.25, 0.3) is 5.91 Å². The zero-order valence-corrected chi connectivity index (χ0v) is 14.6. The van der Waals surface area contributed by atoms with Gasteiger partial charge in [0.1, 0.15) is 0 Å². The standard InChI is InChI=1S/C20H17ClN2O3/c21-16-10-8-14(9-11-16)12-13-26-20(25)23-22-19(24)18-7-3-5-15-4-1-2-6-17(15)18/h1-11H,12-13H2,(H,22,24)(H,23,25). The summed E-state index contributed by atoms with van der Waals surface area (Å²) in [5.41, 5.74) is 6.10. The molecule has 26 heavy (non-hydrogen) atoms. The molecule has 0 fully saturated rings. The summed E-state index contributed by atoms with van der Waals surface area (Å²) in [5, 5.41) is 2.42. The molecule has 0 heterocycles. The van der Waals surface area contributed by atoms with E-state index in [2.05, 4.69) is 10.9 Å². The molecule has 0 aliphatic carbocycles. The first-order valence-electron chi connectivity index (χ1n) is 8.09. The first kappa shape index (κ1) is 17.8. The molecule has 3 rings (SSSR count). The molecule has 5 nitrogen and oxygen atoms in total. The number of benzene rings is 3. The summed E-state index contributed by atoms with van der Waals surface area (Å²) >= 11 is 5.82. The van der Waals surface area contributed by atoms with Crippen molar-refractivity contribution in [1.29, 1.82) is 0 Å². The number of hydrogen-bond donors (Lipinski definition) is 2. The van der Waals surface area contributed by atoms with Crippen LogP contribution in [-0.2, 0) is 11.2 Å². The molecule has 2 N–H and O–H groups in total. The molecule has 0 aliphatic rings. The predicted molar refractivity (Wildman–Crippen MR) is 101 cm³/mol. The van der Waals surface area contributed by atoms with Crippen LogP contribution in [0.15, 0.2) is 66.7 Å². The molecule has 0 bridgehead atoms. The van der Waals surface area contributed by atoms with E-state index in [4.69, 9.17) is 16.3 Å². The molecule has 0 atom stereocenters. The molecule has 0 saturated heterocycles. The normalized spacial score (nSPS) is 10.3. The zero-order chi connectivity index (χ0) is 18.4. The van der Waals surface area contributed by atoms with Crippen LogP contribution in [0.4, 0.5) is 4.79 Å². The number of fused-ring (bicyclic) bond motifs is 1. The van der Waals surface area contributed by atoms with Crippen LogP contribution in [0.3, 0.4) is 0 Å². The molecule has 0 unspecified atom stereocenters. The lowest BCUT2D eigenvalue weighted by Crippen LogP contribution is -2.42. The molecule has 0 spiro atoms. The van der Waals surface area contributed by atoms with Gasteiger partial charge in [-0.3, -0.25) is 10.2 Å². The highest BCUT2D eigenvalue weighted by Crippen LogP contribution is 2.18. The summed E-state index contributed by atoms with van der Waals surface area (Å²) in [6.07, 6.45) is -0.158. The lowest BCUT2D eigenvalue weighted by molar-refractivity contribution is 0.0912. The van der Waals surface area contributed by atoms with Gasteiger partial charge in [0.05, 0.1) is 6.61 Å². The number of carbonyl (C=O) groups is 2. The average Bonchev–Trinajstić information content (AvgIpc) is 2.67. The van der Waals surface area contributed by atoms with E-state index in [0.29, 0.717) is 17.0 Å². The maximum atomic E-state index is 12.3. The summed E-state index contributed by atoms with van der Waals surface area (Å²) in [6, 6.07) is 20.2. The molecule has 0 aliphatic heterocycles. The summed E-state index contributed by atoms with van der Waals surface area (Å²) in [6.45, 7) is 0.192. The Labute approximate surface area is 155 Å². The molecule has 0 aromatic heterocycles. The predicted octanol–water partition coefficient (Wildman–Crippen LogP) is 4.11. The Bertz CT molecular complexity index is 920. The van der Waals surface area contributed by atoms with Crippen LogP contribution in [0, 0.1) is 0 Å². The highest BCUT2D eigenvalue weighted by molar-refractivity contribution is 6.30. The Balaban J connectivity index is 1.49. The Morgan fingerprint density at radius 1 is 0.885 bits per heavy atom. The molecule has 0 saturated carbocycles. The quantitative estimate of drug-likeness (QED) is 0.681. The van der Waals surface area contributed by atoms with E-state index in [0.717, 1.165) is 16.3 Å². The number of carbonyl (C=O) groups excluding carboxylic acids is 2. The highest BCUT2D eigenvalue weighted by Gasteiger charge is 2.11. The van der Waals surface area contributed by atoms with Crippen LogP contribution in [-0.4, -0.2) is 18.6 Å². The van der Waals surface area contributed by atoms with Gasteiger partial charge < -0.3 is 4.74 Å². The van der Waals surface area contributed by atoms with Crippen LogP contribution in [0.25, 0.3) is 10.8 Å². The maximum Gasteiger partial charge on any atom is 0.426 e. The summed E-state index contributed by atoms with van der Waals surface area (Å²) in [4.78, 5) is 24.0. The van der Waals surface area contributed by atoms with E-state index in [-0.39, 0.29) is 6.61 Å². The van der Waals surface area contributed by atoms with Gasteiger partial charge >= 0.3 is 6.09 Å². The van der Waals surface area contributed by atoms with Gasteiger partial charge in [-0.15, -0.1) is 0 Å². The number of hydrogen-bond acceptors (Lipinski definition) is 3. The van der Waals surface area contributed by atoms with Crippen molar-refractivity contribution >= 4 is 34.4 Å². The fraction of sp³-hybridized carbons (Fsp3) is 0.100. The van der Waals surface area contributed by atoms with Crippen LogP contribution in [0.1, 0.15) is 15.9 Å². The van der Waals surface area contributed by atoms with Crippen LogP contribution < -0.4 is 10.9 Å². The van der Waals surface area contributed by atoms with Gasteiger partial charge in [-0.1, -0.05) is 60.1 Å². The lowest BCUT2D eigenvalue weighted by atomic mass is 10.0. The maximum absolute atomic E-state index is 12.3. The Morgan fingerprint density at radius 2 is 1.62 bits per heavy atom. The van der Waals surface area contributed by atoms with Crippen molar-refractivity contribution in [2.24, 2.45) is 0 Å². The third-order valence-corrected chi connectivity index (χ3v) is 4.10. The van der Waals surface area contributed by atoms with Crippen LogP contribution in [0.5, 0.6) is 0 Å². The number of rotatable bonds is 4. The van der Waals surface area contributed by atoms with Gasteiger partial charge in [0.2, 0.25) is 0 Å². The van der Waals surface area contributed by atoms with Gasteiger partial charge in [-0.25, -0.2) is 10.2 Å². The van der Waals surface area contributed by atoms with Crippen molar-refractivity contribution in [2.45, 2.75) is 6.42 Å². The number of halogens is 1. The minimum absolute atomic E-state index is 0.192. The topological polar surface area (TPSA) is 67.4 Å². The van der Waals surface area contributed by atoms with E-state index in [1.54, 1.807) is 24.3 Å². The van der Waals surface area contributed by atoms with Crippen LogP contribution in [0.2, 0.25) is 5.02 Å². The smallest absolute Gasteiger partial charge is 0.426 e. The van der Waals surface area contributed by atoms with E-state index in [1.165, 1.54) is 0 Å². The zero-order valence-electron chi connectivity index (χ0n) is 13.9. The fourth-order valence-electron chi connectivity index (χ4n) is 2.55. The Kier molecular flexibility index (Phi) is 5.71. The van der Waals surface area contributed by atoms with Crippen molar-refractivity contribution < 1.29 is 14.3 Å². The monoisotopic (exact) mass is 368 g/mol. The summed E-state index contributed by atoms with van der Waals surface area (Å²) in [7, 11) is 0. The van der Waals surface area contributed by atoms with E-state index in [9.17, 15) is 9.59 Å². The number of amides is 2. The molecule has 2 amide bonds. The van der Waals surface area contributed by atoms with Gasteiger partial charge in [0.15, 0.2) is 0 Å². The minimum Gasteiger partial charge on any atom is -0.448 e. The van der Waals surface area contributed by atoms with E-state index < -0.39 is 12.0 Å². The summed E-state index contributed by atoms with van der Waals surface area (Å²) in [5.74, 6) is -0.406.